The summed E-state index contributed by atoms with van der Waals surface area (Å²) in [6, 6.07) is 23.4. The van der Waals surface area contributed by atoms with Crippen molar-refractivity contribution in [3.05, 3.63) is 105 Å². The molecule has 0 amide bonds. The van der Waals surface area contributed by atoms with Crippen molar-refractivity contribution in [2.75, 3.05) is 73.9 Å². The number of ether oxygens (including phenoxy) is 4. The molecule has 0 radical (unpaired) electrons. The van der Waals surface area contributed by atoms with Crippen LogP contribution in [0.3, 0.4) is 0 Å². The number of carbonyl (C=O) groups is 2. The molecule has 4 aliphatic heterocycles. The second-order valence-electron chi connectivity index (χ2n) is 27.9. The first-order valence-electron chi connectivity index (χ1n) is 33.3. The summed E-state index contributed by atoms with van der Waals surface area (Å²) in [6.45, 7) is 21.7. The van der Waals surface area contributed by atoms with Crippen molar-refractivity contribution in [2.24, 2.45) is 10.8 Å². The van der Waals surface area contributed by atoms with Gasteiger partial charge in [-0.2, -0.15) is 31.4 Å². The summed E-state index contributed by atoms with van der Waals surface area (Å²) >= 11 is 6.01. The number of nitrogens with zero attached hydrogens (tertiary/aromatic N) is 10. The number of nitrogen functional groups attached to an aromatic ring is 2. The Bertz CT molecular complexity index is 4290. The van der Waals surface area contributed by atoms with E-state index in [9.17, 15) is 38.4 Å². The van der Waals surface area contributed by atoms with E-state index in [1.165, 1.54) is 55.9 Å². The van der Waals surface area contributed by atoms with Crippen LogP contribution < -0.4 is 52.9 Å². The molecule has 0 bridgehead atoms. The number of hydrogen-bond acceptors (Lipinski definition) is 24. The SMILES string of the molecule is C[C@@]1(O)[C@H](F)[C@@H](CO)O[C@H]1n1cnc2c(N3CCC3)nc(N)nc21.C[C@H](NP(=O)(Cl)Oc1cccc2ccccc12)C(=O)OCC(C)(C)C.C[C@H](NP(=O)(OC[C@H]1O[C@@H](n2cnc3c(N4CCC4)nc(N)nc32)[C@](C)(O)[C@@H]1F)Oc1cccc2ccccc12)C(=O)OCC(C)(C)C.[CH2-]CCC.[Cl-].[Mg+2]. The maximum absolute atomic E-state index is 16.0. The van der Waals surface area contributed by atoms with Gasteiger partial charge >= 0.3 is 49.6 Å². The normalized spacial score (nSPS) is 23.3. The Hall–Kier alpha value is -6.41. The quantitative estimate of drug-likeness (QED) is 0.0158. The Morgan fingerprint density at radius 2 is 1.09 bits per heavy atom. The maximum Gasteiger partial charge on any atom is 2.00 e. The third-order valence-electron chi connectivity index (χ3n) is 16.6. The Morgan fingerprint density at radius 3 is 1.49 bits per heavy atom. The molecule has 0 spiro atoms. The molecule has 4 aromatic carbocycles. The van der Waals surface area contributed by atoms with Crippen LogP contribution in [-0.4, -0.2) is 190 Å². The average molecular weight is 1520 g/mol. The summed E-state index contributed by atoms with van der Waals surface area (Å²) in [5.74, 6) is 0.627. The number of halogens is 4. The summed E-state index contributed by atoms with van der Waals surface area (Å²) < 4.78 is 99.5. The third-order valence-corrected chi connectivity index (χ3v) is 19.9. The molecule has 8 heterocycles. The summed E-state index contributed by atoms with van der Waals surface area (Å²) in [5.41, 5.74) is 9.02. The summed E-state index contributed by atoms with van der Waals surface area (Å²) in [4.78, 5) is 54.7. The third kappa shape index (κ3) is 20.4. The molecule has 4 aliphatic rings. The molecular formula is C68H92Cl2F2MgN14O14P2. The van der Waals surface area contributed by atoms with E-state index in [1.54, 1.807) is 36.4 Å². The van der Waals surface area contributed by atoms with Gasteiger partial charge in [-0.1, -0.05) is 128 Å². The number of alkyl halides is 2. The molecule has 28 nitrogen and oxygen atoms in total. The predicted molar refractivity (Wildman–Crippen MR) is 387 cm³/mol. The zero-order valence-corrected chi connectivity index (χ0v) is 64.3. The standard InChI is InChI=1S/C32H41FN7O7P.C18H23ClNO4P.C14H19FN6O3.C4H9.ClH.Mg/c1-19(28(41)44-17-31(2,3)4)38-48(43,47-22-13-8-11-20-10-6-7-12-21(20)22)45-16-23-25(33)32(5,42)29(46-23)40-18-35-24-26(39-14-9-15-39)36-30(34)37-27(24)40;1-13(17(21)23-12-18(2,3)4)20-25(19,22)24-16-11-7-9-14-8-5-6-10-15(14)16;1-14(23)9(15)7(5-22)24-12(14)21-6-17-8-10(20-3-2-4-20)18-13(16)19-11(8)21;1-3-4-2;;/h6-8,10-13,18-19,23,25,29,42H,9,14-17H2,1-5H3,(H,38,43)(H2,34,36,37);5-11,13H,12H2,1-4H3,(H,20,22);6-7,9,12,22-23H,2-5H2,1H3,(H2,16,18,19);1,3-4H2,2H3;1H;/q;;;-1;;+2/p-1/t19-,23+,25+,29+,32+,48?;13-,25?;7-,9-,12-,14-;;;/m001.../s1. The average Bonchev–Trinajstić information content (AvgIpc) is 1.65. The number of fused-ring (bicyclic) bond motifs is 4. The molecule has 4 fully saturated rings. The Morgan fingerprint density at radius 1 is 0.689 bits per heavy atom. The molecule has 4 aromatic heterocycles. The number of aliphatic hydroxyl groups is 3. The van der Waals surface area contributed by atoms with Gasteiger partial charge in [0.1, 0.15) is 47.0 Å². The number of carbonyl (C=O) groups excluding carboxylic acids is 2. The van der Waals surface area contributed by atoms with Crippen LogP contribution in [0.25, 0.3) is 43.9 Å². The van der Waals surface area contributed by atoms with Crippen molar-refractivity contribution >= 4 is 128 Å². The molecule has 12 atom stereocenters. The first-order chi connectivity index (χ1) is 47.6. The minimum absolute atomic E-state index is 0. The number of nitrogens with one attached hydrogen (secondary N) is 2. The van der Waals surface area contributed by atoms with Crippen LogP contribution in [0.4, 0.5) is 32.3 Å². The maximum atomic E-state index is 16.0. The molecule has 2 unspecified atom stereocenters. The first kappa shape index (κ1) is 83.9. The van der Waals surface area contributed by atoms with Gasteiger partial charge in [0.2, 0.25) is 11.9 Å². The van der Waals surface area contributed by atoms with Crippen molar-refractivity contribution in [2.45, 2.75) is 162 Å². The van der Waals surface area contributed by atoms with Gasteiger partial charge in [-0.3, -0.25) is 23.2 Å². The van der Waals surface area contributed by atoms with E-state index >= 15 is 4.39 Å². The fraction of sp³-hybridized carbons (Fsp3) is 0.515. The second-order valence-corrected chi connectivity index (χ2v) is 32.4. The number of anilines is 4. The Balaban J connectivity index is 0.000000227. The van der Waals surface area contributed by atoms with Gasteiger partial charge in [-0.05, 0) is 74.3 Å². The van der Waals surface area contributed by atoms with E-state index < -0.39 is 100 Å². The van der Waals surface area contributed by atoms with E-state index in [0.717, 1.165) is 61.6 Å². The first-order valence-corrected chi connectivity index (χ1v) is 37.4. The van der Waals surface area contributed by atoms with Crippen LogP contribution >= 0.6 is 25.9 Å². The number of imidazole rings is 2. The van der Waals surface area contributed by atoms with Crippen molar-refractivity contribution in [1.82, 2.24) is 49.2 Å². The van der Waals surface area contributed by atoms with Crippen LogP contribution in [0.1, 0.15) is 114 Å². The number of nitrogens with two attached hydrogens (primary N) is 2. The van der Waals surface area contributed by atoms with Gasteiger partial charge in [-0.15, -0.1) is 0 Å². The monoisotopic (exact) mass is 1520 g/mol. The minimum atomic E-state index is -4.42. The fourth-order valence-corrected chi connectivity index (χ4v) is 14.1. The number of aliphatic hydroxyl groups excluding tert-OH is 1. The number of rotatable bonds is 21. The van der Waals surface area contributed by atoms with Crippen molar-refractivity contribution in [3.63, 3.8) is 0 Å². The van der Waals surface area contributed by atoms with Gasteiger partial charge in [0, 0.05) is 48.2 Å². The zero-order valence-electron chi connectivity index (χ0n) is 59.6. The smallest absolute Gasteiger partial charge is 1.00 e. The molecule has 35 heteroatoms. The zero-order chi connectivity index (χ0) is 73.6. The molecule has 558 valence electrons. The predicted octanol–water partition coefficient (Wildman–Crippen LogP) is 7.50. The molecular weight excluding hydrogens is 1430 g/mol. The molecule has 0 aliphatic carbocycles. The van der Waals surface area contributed by atoms with Crippen molar-refractivity contribution in [1.29, 1.82) is 0 Å². The van der Waals surface area contributed by atoms with Crippen LogP contribution in [0.15, 0.2) is 97.6 Å². The van der Waals surface area contributed by atoms with E-state index in [0.29, 0.717) is 39.5 Å². The van der Waals surface area contributed by atoms with Crippen LogP contribution in [-0.2, 0) is 42.2 Å². The van der Waals surface area contributed by atoms with Crippen LogP contribution in [0, 0.1) is 17.8 Å². The van der Waals surface area contributed by atoms with E-state index in [2.05, 4.69) is 53.9 Å². The number of aromatic nitrogens is 8. The number of esters is 2. The molecule has 8 aromatic rings. The summed E-state index contributed by atoms with van der Waals surface area (Å²) in [5, 5.41) is 39.5. The van der Waals surface area contributed by atoms with E-state index in [1.807, 2.05) is 99.9 Å². The second kappa shape index (κ2) is 34.9. The van der Waals surface area contributed by atoms with E-state index in [4.69, 9.17) is 55.2 Å². The molecule has 9 N–H and O–H groups in total. The topological polar surface area (TPSA) is 363 Å². The summed E-state index contributed by atoms with van der Waals surface area (Å²) in [7, 11) is -4.42. The largest absolute Gasteiger partial charge is 2.00 e. The van der Waals surface area contributed by atoms with Gasteiger partial charge in [-0.25, -0.2) is 33.0 Å². The van der Waals surface area contributed by atoms with Gasteiger partial charge in [0.25, 0.3) is 0 Å². The molecule has 103 heavy (non-hydrogen) atoms. The molecule has 4 saturated heterocycles. The van der Waals surface area contributed by atoms with E-state index in [-0.39, 0.29) is 82.8 Å². The van der Waals surface area contributed by atoms with Crippen molar-refractivity contribution in [3.8, 4) is 11.5 Å². The van der Waals surface area contributed by atoms with Crippen molar-refractivity contribution < 1.29 is 87.7 Å². The Kier molecular flexibility index (Phi) is 28.4. The summed E-state index contributed by atoms with van der Waals surface area (Å²) in [6.07, 6.45) is -1.50. The number of benzene rings is 4. The van der Waals surface area contributed by atoms with Gasteiger partial charge in [0.05, 0.1) is 39.1 Å². The van der Waals surface area contributed by atoms with Gasteiger partial charge < -0.3 is 83.9 Å². The molecule has 0 saturated carbocycles. The fourth-order valence-electron chi connectivity index (χ4n) is 10.9. The van der Waals surface area contributed by atoms with Crippen LogP contribution in [0.2, 0.25) is 0 Å². The number of unbranched alkanes of at least 4 members (excludes halogenated alkanes) is 1. The van der Waals surface area contributed by atoms with Crippen LogP contribution in [0.5, 0.6) is 11.5 Å². The Labute approximate surface area is 624 Å². The number of hydrogen-bond donors (Lipinski definition) is 7. The minimum Gasteiger partial charge on any atom is -1.00 e. The van der Waals surface area contributed by atoms with Gasteiger partial charge in [0.15, 0.2) is 58.8 Å². The molecule has 12 rings (SSSR count).